The average molecular weight is 438 g/mol. The fourth-order valence-electron chi connectivity index (χ4n) is 2.81. The molecule has 0 saturated heterocycles. The van der Waals surface area contributed by atoms with Crippen molar-refractivity contribution >= 4 is 29.1 Å². The van der Waals surface area contributed by atoms with Crippen molar-refractivity contribution in [2.24, 2.45) is 0 Å². The van der Waals surface area contributed by atoms with Crippen molar-refractivity contribution in [3.63, 3.8) is 0 Å². The van der Waals surface area contributed by atoms with Crippen LogP contribution in [0.3, 0.4) is 0 Å². The number of carbonyl (C=O) groups is 1. The van der Waals surface area contributed by atoms with E-state index in [2.05, 4.69) is 10.4 Å². The Bertz CT molecular complexity index is 871. The summed E-state index contributed by atoms with van der Waals surface area (Å²) in [5.74, 6) is -0.136. The number of benzene rings is 1. The first-order valence-corrected chi connectivity index (χ1v) is 9.09. The van der Waals surface area contributed by atoms with Crippen LogP contribution >= 0.6 is 23.2 Å². The summed E-state index contributed by atoms with van der Waals surface area (Å²) < 4.78 is 51.1. The minimum Gasteiger partial charge on any atom is -0.482 e. The van der Waals surface area contributed by atoms with Crippen molar-refractivity contribution in [2.75, 3.05) is 19.8 Å². The number of hydrogen-bond donors (Lipinski definition) is 1. The largest absolute Gasteiger partial charge is 0.482 e. The van der Waals surface area contributed by atoms with Gasteiger partial charge in [0.2, 0.25) is 0 Å². The van der Waals surface area contributed by atoms with E-state index >= 15 is 0 Å². The third kappa shape index (κ3) is 4.89. The van der Waals surface area contributed by atoms with Gasteiger partial charge < -0.3 is 14.8 Å². The predicted octanol–water partition coefficient (Wildman–Crippen LogP) is 3.48. The fourth-order valence-corrected chi connectivity index (χ4v) is 3.27. The number of halogens is 5. The number of rotatable bonds is 6. The van der Waals surface area contributed by atoms with E-state index in [-0.39, 0.29) is 36.9 Å². The van der Waals surface area contributed by atoms with Gasteiger partial charge in [-0.05, 0) is 18.2 Å². The molecule has 0 radical (unpaired) electrons. The second kappa shape index (κ2) is 8.59. The highest BCUT2D eigenvalue weighted by atomic mass is 35.5. The van der Waals surface area contributed by atoms with Gasteiger partial charge in [0.1, 0.15) is 5.75 Å². The van der Waals surface area contributed by atoms with Crippen LogP contribution in [-0.4, -0.2) is 35.4 Å². The molecule has 1 aromatic carbocycles. The molecular formula is C17H16Cl2F3N3O3. The number of fused-ring (bicyclic) bond motifs is 1. The highest BCUT2D eigenvalue weighted by molar-refractivity contribution is 6.35. The van der Waals surface area contributed by atoms with Crippen molar-refractivity contribution in [1.29, 1.82) is 0 Å². The minimum atomic E-state index is -4.55. The molecule has 3 rings (SSSR count). The lowest BCUT2D eigenvalue weighted by molar-refractivity contribution is -0.142. The van der Waals surface area contributed by atoms with Gasteiger partial charge in [-0.25, -0.2) is 0 Å². The average Bonchev–Trinajstić information content (AvgIpc) is 3.00. The summed E-state index contributed by atoms with van der Waals surface area (Å²) in [6.07, 6.45) is -4.21. The maximum Gasteiger partial charge on any atom is 0.435 e. The Morgan fingerprint density at radius 3 is 2.86 bits per heavy atom. The Morgan fingerprint density at radius 2 is 2.14 bits per heavy atom. The second-order valence-corrected chi connectivity index (χ2v) is 6.85. The summed E-state index contributed by atoms with van der Waals surface area (Å²) in [4.78, 5) is 11.9. The van der Waals surface area contributed by atoms with Gasteiger partial charge in [-0.1, -0.05) is 23.2 Å². The highest BCUT2D eigenvalue weighted by Crippen LogP contribution is 2.34. The third-order valence-electron chi connectivity index (χ3n) is 4.06. The van der Waals surface area contributed by atoms with Crippen LogP contribution in [0.2, 0.25) is 10.0 Å². The Morgan fingerprint density at radius 1 is 1.36 bits per heavy atom. The molecule has 1 aromatic heterocycles. The van der Waals surface area contributed by atoms with Crippen LogP contribution in [-0.2, 0) is 35.3 Å². The lowest BCUT2D eigenvalue weighted by Crippen LogP contribution is -2.32. The maximum atomic E-state index is 13.1. The molecular weight excluding hydrogens is 422 g/mol. The summed E-state index contributed by atoms with van der Waals surface area (Å²) in [7, 11) is 0. The zero-order chi connectivity index (χ0) is 20.3. The molecule has 0 bridgehead atoms. The number of aromatic nitrogens is 2. The molecule has 11 heteroatoms. The van der Waals surface area contributed by atoms with Crippen LogP contribution in [0.4, 0.5) is 13.2 Å². The molecule has 0 saturated carbocycles. The van der Waals surface area contributed by atoms with Crippen molar-refractivity contribution in [3.05, 3.63) is 45.2 Å². The van der Waals surface area contributed by atoms with E-state index in [1.807, 2.05) is 0 Å². The molecule has 152 valence electrons. The van der Waals surface area contributed by atoms with Crippen molar-refractivity contribution < 1.29 is 27.4 Å². The summed E-state index contributed by atoms with van der Waals surface area (Å²) in [5.41, 5.74) is -0.392. The third-order valence-corrected chi connectivity index (χ3v) is 4.59. The van der Waals surface area contributed by atoms with Crippen LogP contribution < -0.4 is 10.1 Å². The van der Waals surface area contributed by atoms with Crippen LogP contribution in [0.25, 0.3) is 0 Å². The molecule has 0 aliphatic carbocycles. The number of ether oxygens (including phenoxy) is 2. The van der Waals surface area contributed by atoms with E-state index < -0.39 is 17.8 Å². The van der Waals surface area contributed by atoms with Gasteiger partial charge in [-0.15, -0.1) is 0 Å². The molecule has 0 unspecified atom stereocenters. The maximum absolute atomic E-state index is 13.1. The first-order valence-electron chi connectivity index (χ1n) is 8.33. The normalized spacial score (nSPS) is 13.9. The van der Waals surface area contributed by atoms with E-state index in [0.717, 1.165) is 0 Å². The summed E-state index contributed by atoms with van der Waals surface area (Å²) in [6, 6.07) is 4.59. The molecule has 6 nitrogen and oxygen atoms in total. The summed E-state index contributed by atoms with van der Waals surface area (Å²) >= 11 is 11.7. The molecule has 0 fully saturated rings. The van der Waals surface area contributed by atoms with Gasteiger partial charge >= 0.3 is 6.18 Å². The van der Waals surface area contributed by atoms with Gasteiger partial charge in [0.15, 0.2) is 12.3 Å². The number of nitrogens with zero attached hydrogens (tertiary/aromatic N) is 2. The van der Waals surface area contributed by atoms with E-state index in [1.165, 1.54) is 16.8 Å². The van der Waals surface area contributed by atoms with Gasteiger partial charge in [0, 0.05) is 29.2 Å². The lowest BCUT2D eigenvalue weighted by Gasteiger charge is -2.15. The SMILES string of the molecule is O=C(COc1ccc(Cl)cc1Cl)NCCn1nc(C(F)(F)F)c2c1CCOC2. The zero-order valence-corrected chi connectivity index (χ0v) is 16.0. The zero-order valence-electron chi connectivity index (χ0n) is 14.5. The van der Waals surface area contributed by atoms with E-state index in [4.69, 9.17) is 32.7 Å². The molecule has 1 aliphatic heterocycles. The Balaban J connectivity index is 1.55. The quantitative estimate of drug-likeness (QED) is 0.751. The van der Waals surface area contributed by atoms with Crippen molar-refractivity contribution in [3.8, 4) is 5.75 Å². The number of nitrogens with one attached hydrogen (secondary N) is 1. The lowest BCUT2D eigenvalue weighted by atomic mass is 10.1. The molecule has 0 atom stereocenters. The van der Waals surface area contributed by atoms with Crippen LogP contribution in [0.1, 0.15) is 17.0 Å². The number of alkyl halides is 3. The fraction of sp³-hybridized carbons (Fsp3) is 0.412. The first-order chi connectivity index (χ1) is 13.3. The molecule has 2 aromatic rings. The Kier molecular flexibility index (Phi) is 6.36. The summed E-state index contributed by atoms with van der Waals surface area (Å²) in [6.45, 7) is 0.124. The van der Waals surface area contributed by atoms with Crippen molar-refractivity contribution in [1.82, 2.24) is 15.1 Å². The van der Waals surface area contributed by atoms with Crippen LogP contribution in [0, 0.1) is 0 Å². The second-order valence-electron chi connectivity index (χ2n) is 6.01. The van der Waals surface area contributed by atoms with E-state index in [0.29, 0.717) is 29.5 Å². The smallest absolute Gasteiger partial charge is 0.435 e. The standard InChI is InChI=1S/C17H16Cl2F3N3O3/c18-10-1-2-14(12(19)7-10)28-9-15(26)23-4-5-25-13-3-6-27-8-11(13)16(24-25)17(20,21)22/h1-2,7H,3-6,8-9H2,(H,23,26). The van der Waals surface area contributed by atoms with Gasteiger partial charge in [0.25, 0.3) is 5.91 Å². The predicted molar refractivity (Wildman–Crippen MR) is 95.6 cm³/mol. The topological polar surface area (TPSA) is 65.4 Å². The Labute approximate surface area is 168 Å². The minimum absolute atomic E-state index is 0.0609. The Hall–Kier alpha value is -1.97. The molecule has 0 spiro atoms. The van der Waals surface area contributed by atoms with E-state index in [9.17, 15) is 18.0 Å². The molecule has 1 N–H and O–H groups in total. The van der Waals surface area contributed by atoms with E-state index in [1.54, 1.807) is 6.07 Å². The monoisotopic (exact) mass is 437 g/mol. The number of carbonyl (C=O) groups excluding carboxylic acids is 1. The highest BCUT2D eigenvalue weighted by Gasteiger charge is 2.39. The number of amides is 1. The number of hydrogen-bond acceptors (Lipinski definition) is 4. The van der Waals surface area contributed by atoms with Crippen LogP contribution in [0.5, 0.6) is 5.75 Å². The van der Waals surface area contributed by atoms with Crippen LogP contribution in [0.15, 0.2) is 18.2 Å². The molecule has 2 heterocycles. The van der Waals surface area contributed by atoms with Gasteiger partial charge in [0.05, 0.1) is 24.8 Å². The molecule has 1 amide bonds. The van der Waals surface area contributed by atoms with Gasteiger partial charge in [-0.3, -0.25) is 9.48 Å². The first kappa shape index (κ1) is 20.8. The molecule has 28 heavy (non-hydrogen) atoms. The van der Waals surface area contributed by atoms with Crippen molar-refractivity contribution in [2.45, 2.75) is 25.7 Å². The van der Waals surface area contributed by atoms with Gasteiger partial charge in [-0.2, -0.15) is 18.3 Å². The molecule has 1 aliphatic rings. The summed E-state index contributed by atoms with van der Waals surface area (Å²) in [5, 5.41) is 6.96.